The van der Waals surface area contributed by atoms with Gasteiger partial charge in [-0.15, -0.1) is 0 Å². The van der Waals surface area contributed by atoms with Gasteiger partial charge < -0.3 is 5.73 Å². The highest BCUT2D eigenvalue weighted by molar-refractivity contribution is 9.10. The minimum Gasteiger partial charge on any atom is -0.403 e. The number of aryl methyl sites for hydroxylation is 1. The van der Waals surface area contributed by atoms with Crippen LogP contribution in [0, 0.1) is 6.92 Å². The van der Waals surface area contributed by atoms with Crippen LogP contribution in [0.5, 0.6) is 0 Å². The van der Waals surface area contributed by atoms with Crippen LogP contribution in [-0.4, -0.2) is 0 Å². The molecule has 0 aliphatic rings. The first-order chi connectivity index (χ1) is 5.65. The third-order valence-corrected chi connectivity index (χ3v) is 2.43. The molecule has 1 nitrogen and oxygen atoms in total. The maximum absolute atomic E-state index is 5.88. The minimum atomic E-state index is 0.578. The summed E-state index contributed by atoms with van der Waals surface area (Å²) in [6.07, 6.45) is 1.40. The van der Waals surface area contributed by atoms with Crippen LogP contribution in [0.15, 0.2) is 28.9 Å². The monoisotopic (exact) mass is 245 g/mol. The topological polar surface area (TPSA) is 26.0 Å². The van der Waals surface area contributed by atoms with Gasteiger partial charge in [-0.05, 0) is 30.2 Å². The summed E-state index contributed by atoms with van der Waals surface area (Å²) in [6.45, 7) is 1.99. The third kappa shape index (κ3) is 2.02. The zero-order valence-corrected chi connectivity index (χ0v) is 8.98. The first kappa shape index (κ1) is 9.62. The predicted octanol–water partition coefficient (Wildman–Crippen LogP) is 3.25. The number of hydrogen-bond acceptors (Lipinski definition) is 1. The van der Waals surface area contributed by atoms with E-state index in [-0.39, 0.29) is 0 Å². The summed E-state index contributed by atoms with van der Waals surface area (Å²) in [5.41, 5.74) is 7.40. The second-order valence-corrected chi connectivity index (χ2v) is 3.80. The molecule has 0 fully saturated rings. The van der Waals surface area contributed by atoms with E-state index in [4.69, 9.17) is 17.3 Å². The zero-order valence-electron chi connectivity index (χ0n) is 6.64. The van der Waals surface area contributed by atoms with Gasteiger partial charge in [0.25, 0.3) is 0 Å². The molecule has 1 rings (SSSR count). The average Bonchev–Trinajstić information content (AvgIpc) is 2.08. The van der Waals surface area contributed by atoms with Crippen LogP contribution in [0.25, 0.3) is 5.03 Å². The van der Waals surface area contributed by atoms with Crippen molar-refractivity contribution in [2.45, 2.75) is 6.92 Å². The van der Waals surface area contributed by atoms with Gasteiger partial charge in [-0.3, -0.25) is 0 Å². The van der Waals surface area contributed by atoms with E-state index in [2.05, 4.69) is 15.9 Å². The number of benzene rings is 1. The van der Waals surface area contributed by atoms with Gasteiger partial charge >= 0.3 is 0 Å². The molecule has 0 aliphatic heterocycles. The highest BCUT2D eigenvalue weighted by Crippen LogP contribution is 2.24. The SMILES string of the molecule is Cc1ccc(Br)cc1/C(Cl)=C\N. The Morgan fingerprint density at radius 3 is 2.83 bits per heavy atom. The van der Waals surface area contributed by atoms with E-state index in [1.54, 1.807) is 0 Å². The Morgan fingerprint density at radius 2 is 2.25 bits per heavy atom. The van der Waals surface area contributed by atoms with Crippen LogP contribution >= 0.6 is 27.5 Å². The molecule has 3 heteroatoms. The van der Waals surface area contributed by atoms with Crippen molar-refractivity contribution < 1.29 is 0 Å². The van der Waals surface area contributed by atoms with Gasteiger partial charge in [0.1, 0.15) is 0 Å². The Morgan fingerprint density at radius 1 is 1.58 bits per heavy atom. The molecule has 0 aromatic heterocycles. The van der Waals surface area contributed by atoms with Crippen molar-refractivity contribution in [3.8, 4) is 0 Å². The van der Waals surface area contributed by atoms with E-state index in [0.717, 1.165) is 15.6 Å². The molecule has 64 valence electrons. The molecular formula is C9H9BrClN. The maximum atomic E-state index is 5.88. The van der Waals surface area contributed by atoms with Gasteiger partial charge in [-0.2, -0.15) is 0 Å². The van der Waals surface area contributed by atoms with Gasteiger partial charge in [0.2, 0.25) is 0 Å². The number of nitrogens with two attached hydrogens (primary N) is 1. The molecule has 0 atom stereocenters. The highest BCUT2D eigenvalue weighted by Gasteiger charge is 2.01. The smallest absolute Gasteiger partial charge is 0.0635 e. The molecule has 1 aromatic carbocycles. The molecule has 0 heterocycles. The van der Waals surface area contributed by atoms with E-state index < -0.39 is 0 Å². The Labute approximate surface area is 85.3 Å². The normalized spacial score (nSPS) is 11.8. The van der Waals surface area contributed by atoms with Crippen molar-refractivity contribution in [1.82, 2.24) is 0 Å². The van der Waals surface area contributed by atoms with Crippen LogP contribution in [-0.2, 0) is 0 Å². The molecule has 2 N–H and O–H groups in total. The molecular weight excluding hydrogens is 237 g/mol. The molecule has 0 unspecified atom stereocenters. The quantitative estimate of drug-likeness (QED) is 0.809. The number of hydrogen-bond donors (Lipinski definition) is 1. The second kappa shape index (κ2) is 3.97. The van der Waals surface area contributed by atoms with Gasteiger partial charge in [-0.1, -0.05) is 33.6 Å². The second-order valence-electron chi connectivity index (χ2n) is 2.47. The van der Waals surface area contributed by atoms with Crippen LogP contribution in [0.1, 0.15) is 11.1 Å². The van der Waals surface area contributed by atoms with Crippen molar-refractivity contribution in [3.05, 3.63) is 40.0 Å². The fourth-order valence-electron chi connectivity index (χ4n) is 0.941. The first-order valence-corrected chi connectivity index (χ1v) is 4.66. The summed E-state index contributed by atoms with van der Waals surface area (Å²) < 4.78 is 1.00. The van der Waals surface area contributed by atoms with E-state index >= 15 is 0 Å². The molecule has 12 heavy (non-hydrogen) atoms. The molecule has 0 spiro atoms. The van der Waals surface area contributed by atoms with Crippen LogP contribution in [0.3, 0.4) is 0 Å². The van der Waals surface area contributed by atoms with Crippen LogP contribution in [0.2, 0.25) is 0 Å². The van der Waals surface area contributed by atoms with Crippen LogP contribution in [0.4, 0.5) is 0 Å². The Balaban J connectivity index is 3.23. The molecule has 0 bridgehead atoms. The molecule has 0 saturated carbocycles. The Kier molecular flexibility index (Phi) is 3.18. The summed E-state index contributed by atoms with van der Waals surface area (Å²) in [4.78, 5) is 0. The first-order valence-electron chi connectivity index (χ1n) is 3.49. The van der Waals surface area contributed by atoms with Crippen molar-refractivity contribution in [1.29, 1.82) is 0 Å². The zero-order chi connectivity index (χ0) is 9.14. The summed E-state index contributed by atoms with van der Waals surface area (Å²) in [6, 6.07) is 5.91. The van der Waals surface area contributed by atoms with E-state index in [1.807, 2.05) is 25.1 Å². The van der Waals surface area contributed by atoms with E-state index in [0.29, 0.717) is 5.03 Å². The average molecular weight is 247 g/mol. The van der Waals surface area contributed by atoms with Crippen molar-refractivity contribution in [2.24, 2.45) is 5.73 Å². The highest BCUT2D eigenvalue weighted by atomic mass is 79.9. The largest absolute Gasteiger partial charge is 0.403 e. The fraction of sp³-hybridized carbons (Fsp3) is 0.111. The summed E-state index contributed by atoms with van der Waals surface area (Å²) >= 11 is 9.25. The summed E-state index contributed by atoms with van der Waals surface area (Å²) in [7, 11) is 0. The van der Waals surface area contributed by atoms with Crippen molar-refractivity contribution in [3.63, 3.8) is 0 Å². The summed E-state index contributed by atoms with van der Waals surface area (Å²) in [5.74, 6) is 0. The lowest BCUT2D eigenvalue weighted by molar-refractivity contribution is 1.42. The molecule has 0 aliphatic carbocycles. The lowest BCUT2D eigenvalue weighted by Gasteiger charge is -2.03. The predicted molar refractivity (Wildman–Crippen MR) is 56.9 cm³/mol. The fourth-order valence-corrected chi connectivity index (χ4v) is 1.51. The van der Waals surface area contributed by atoms with Gasteiger partial charge in [-0.25, -0.2) is 0 Å². The minimum absolute atomic E-state index is 0.578. The lowest BCUT2D eigenvalue weighted by Crippen LogP contribution is -1.87. The lowest BCUT2D eigenvalue weighted by atomic mass is 10.1. The molecule has 1 aromatic rings. The van der Waals surface area contributed by atoms with Crippen molar-refractivity contribution >= 4 is 32.6 Å². The number of rotatable bonds is 1. The van der Waals surface area contributed by atoms with Gasteiger partial charge in [0.15, 0.2) is 0 Å². The van der Waals surface area contributed by atoms with E-state index in [9.17, 15) is 0 Å². The van der Waals surface area contributed by atoms with Crippen LogP contribution < -0.4 is 5.73 Å². The third-order valence-electron chi connectivity index (χ3n) is 1.60. The standard InChI is InChI=1S/C9H9BrClN/c1-6-2-3-7(10)4-8(6)9(11)5-12/h2-5H,12H2,1H3/b9-5+. The van der Waals surface area contributed by atoms with Gasteiger partial charge in [0, 0.05) is 10.7 Å². The van der Waals surface area contributed by atoms with Gasteiger partial charge in [0.05, 0.1) is 5.03 Å². The maximum Gasteiger partial charge on any atom is 0.0635 e. The molecule has 0 amide bonds. The number of halogens is 2. The Bertz CT molecular complexity index is 320. The molecule has 0 saturated heterocycles. The van der Waals surface area contributed by atoms with E-state index in [1.165, 1.54) is 6.20 Å². The summed E-state index contributed by atoms with van der Waals surface area (Å²) in [5, 5.41) is 0.578. The Hall–Kier alpha value is -0.470. The van der Waals surface area contributed by atoms with Crippen molar-refractivity contribution in [2.75, 3.05) is 0 Å². The molecule has 0 radical (unpaired) electrons.